The van der Waals surface area contributed by atoms with Gasteiger partial charge in [-0.25, -0.2) is 4.79 Å². The first-order chi connectivity index (χ1) is 5.77. The van der Waals surface area contributed by atoms with Crippen molar-refractivity contribution < 1.29 is 9.90 Å². The van der Waals surface area contributed by atoms with Crippen LogP contribution in [0.15, 0.2) is 24.3 Å². The lowest BCUT2D eigenvalue weighted by molar-refractivity contribution is -0.131. The van der Waals surface area contributed by atoms with E-state index in [1.807, 2.05) is 6.08 Å². The molecule has 0 rings (SSSR count). The summed E-state index contributed by atoms with van der Waals surface area (Å²) in [6, 6.07) is 0. The van der Waals surface area contributed by atoms with E-state index >= 15 is 0 Å². The second kappa shape index (κ2) is 8.05. The molecule has 0 saturated carbocycles. The summed E-state index contributed by atoms with van der Waals surface area (Å²) in [5, 5.41) is 8.23. The molecule has 0 bridgehead atoms. The van der Waals surface area contributed by atoms with Gasteiger partial charge in [0.25, 0.3) is 0 Å². The molecule has 0 fully saturated rings. The Balaban J connectivity index is 3.31. The van der Waals surface area contributed by atoms with Gasteiger partial charge in [0.15, 0.2) is 0 Å². The number of carbonyl (C=O) groups is 1. The Kier molecular flexibility index (Phi) is 7.35. The van der Waals surface area contributed by atoms with Crippen molar-refractivity contribution in [2.45, 2.75) is 32.6 Å². The molecule has 0 aliphatic carbocycles. The molecule has 0 heterocycles. The van der Waals surface area contributed by atoms with E-state index in [0.717, 1.165) is 12.5 Å². The van der Waals surface area contributed by atoms with Crippen LogP contribution < -0.4 is 0 Å². The minimum absolute atomic E-state index is 0.895. The molecule has 0 unspecified atom stereocenters. The summed E-state index contributed by atoms with van der Waals surface area (Å²) < 4.78 is 0. The van der Waals surface area contributed by atoms with Crippen molar-refractivity contribution in [2.75, 3.05) is 0 Å². The fourth-order valence-corrected chi connectivity index (χ4v) is 0.825. The summed E-state index contributed by atoms with van der Waals surface area (Å²) >= 11 is 0. The van der Waals surface area contributed by atoms with Gasteiger partial charge in [-0.3, -0.25) is 0 Å². The molecule has 0 aliphatic heterocycles. The summed E-state index contributed by atoms with van der Waals surface area (Å²) in [6.07, 6.45) is 11.2. The highest BCUT2D eigenvalue weighted by atomic mass is 16.4. The van der Waals surface area contributed by atoms with Crippen LogP contribution in [-0.2, 0) is 4.79 Å². The van der Waals surface area contributed by atoms with Crippen LogP contribution in [0.3, 0.4) is 0 Å². The first kappa shape index (κ1) is 11.0. The lowest BCUT2D eigenvalue weighted by Crippen LogP contribution is -1.84. The van der Waals surface area contributed by atoms with Gasteiger partial charge in [0.1, 0.15) is 0 Å². The van der Waals surface area contributed by atoms with Crippen LogP contribution in [0.25, 0.3) is 0 Å². The molecular weight excluding hydrogens is 152 g/mol. The van der Waals surface area contributed by atoms with Gasteiger partial charge in [-0.15, -0.1) is 0 Å². The maximum Gasteiger partial charge on any atom is 0.328 e. The Morgan fingerprint density at radius 1 is 1.33 bits per heavy atom. The van der Waals surface area contributed by atoms with Gasteiger partial charge >= 0.3 is 5.97 Å². The maximum absolute atomic E-state index is 10.0. The van der Waals surface area contributed by atoms with E-state index in [9.17, 15) is 4.79 Å². The van der Waals surface area contributed by atoms with Crippen molar-refractivity contribution in [2.24, 2.45) is 0 Å². The van der Waals surface area contributed by atoms with Crippen LogP contribution in [0, 0.1) is 0 Å². The van der Waals surface area contributed by atoms with Crippen LogP contribution in [0.5, 0.6) is 0 Å². The molecule has 0 saturated heterocycles. The largest absolute Gasteiger partial charge is 0.478 e. The van der Waals surface area contributed by atoms with Gasteiger partial charge in [0.05, 0.1) is 0 Å². The number of hydrogen-bond donors (Lipinski definition) is 1. The number of rotatable bonds is 6. The third-order valence-corrected chi connectivity index (χ3v) is 1.46. The second-order valence-electron chi connectivity index (χ2n) is 2.62. The molecule has 1 N–H and O–H groups in total. The van der Waals surface area contributed by atoms with Crippen LogP contribution in [0.2, 0.25) is 0 Å². The number of hydrogen-bond acceptors (Lipinski definition) is 1. The van der Waals surface area contributed by atoms with Crippen molar-refractivity contribution >= 4 is 5.97 Å². The van der Waals surface area contributed by atoms with E-state index in [1.165, 1.54) is 19.3 Å². The van der Waals surface area contributed by atoms with Crippen LogP contribution >= 0.6 is 0 Å². The van der Waals surface area contributed by atoms with Gasteiger partial charge in [-0.1, -0.05) is 38.0 Å². The molecule has 0 aromatic heterocycles. The molecule has 12 heavy (non-hydrogen) atoms. The van der Waals surface area contributed by atoms with E-state index in [4.69, 9.17) is 5.11 Å². The number of carboxylic acid groups (broad SMARTS) is 1. The van der Waals surface area contributed by atoms with Crippen LogP contribution in [0.1, 0.15) is 32.6 Å². The highest BCUT2D eigenvalue weighted by molar-refractivity contribution is 5.80. The Bertz CT molecular complexity index is 169. The normalized spacial score (nSPS) is 11.4. The number of unbranched alkanes of at least 4 members (excludes halogenated alkanes) is 3. The summed E-state index contributed by atoms with van der Waals surface area (Å²) in [5.41, 5.74) is 0. The quantitative estimate of drug-likeness (QED) is 0.376. The SMILES string of the molecule is CCCCCC=C/C=C\C(=O)O. The van der Waals surface area contributed by atoms with Crippen molar-refractivity contribution in [3.63, 3.8) is 0 Å². The summed E-state index contributed by atoms with van der Waals surface area (Å²) in [6.45, 7) is 2.16. The highest BCUT2D eigenvalue weighted by Gasteiger charge is 1.82. The zero-order valence-electron chi connectivity index (χ0n) is 7.49. The molecule has 0 radical (unpaired) electrons. The number of allylic oxidation sites excluding steroid dienone is 3. The topological polar surface area (TPSA) is 37.3 Å². The molecule has 0 atom stereocenters. The van der Waals surface area contributed by atoms with Crippen molar-refractivity contribution in [3.05, 3.63) is 24.3 Å². The molecular formula is C10H16O2. The smallest absolute Gasteiger partial charge is 0.328 e. The standard InChI is InChI=1S/C10H16O2/c1-2-3-4-5-6-7-8-9-10(11)12/h6-9H,2-5H2,1H3,(H,11,12)/b7-6?,9-8-. The molecule has 68 valence electrons. The van der Waals surface area contributed by atoms with E-state index in [2.05, 4.69) is 6.92 Å². The monoisotopic (exact) mass is 168 g/mol. The fourth-order valence-electron chi connectivity index (χ4n) is 0.825. The maximum atomic E-state index is 10.0. The number of aliphatic carboxylic acids is 1. The van der Waals surface area contributed by atoms with Crippen molar-refractivity contribution in [1.82, 2.24) is 0 Å². The van der Waals surface area contributed by atoms with E-state index < -0.39 is 5.97 Å². The fraction of sp³-hybridized carbons (Fsp3) is 0.500. The third-order valence-electron chi connectivity index (χ3n) is 1.46. The van der Waals surface area contributed by atoms with Crippen LogP contribution in [-0.4, -0.2) is 11.1 Å². The first-order valence-electron chi connectivity index (χ1n) is 4.33. The molecule has 0 aromatic rings. The van der Waals surface area contributed by atoms with Gasteiger partial charge in [-0.2, -0.15) is 0 Å². The van der Waals surface area contributed by atoms with E-state index in [0.29, 0.717) is 0 Å². The Labute approximate surface area is 73.6 Å². The molecule has 0 amide bonds. The third kappa shape index (κ3) is 8.95. The average molecular weight is 168 g/mol. The Morgan fingerprint density at radius 3 is 2.67 bits per heavy atom. The number of carboxylic acids is 1. The van der Waals surface area contributed by atoms with Crippen molar-refractivity contribution in [3.8, 4) is 0 Å². The first-order valence-corrected chi connectivity index (χ1v) is 4.33. The van der Waals surface area contributed by atoms with E-state index in [-0.39, 0.29) is 0 Å². The van der Waals surface area contributed by atoms with Crippen molar-refractivity contribution in [1.29, 1.82) is 0 Å². The predicted octanol–water partition coefficient (Wildman–Crippen LogP) is 2.76. The molecule has 0 spiro atoms. The van der Waals surface area contributed by atoms with Crippen LogP contribution in [0.4, 0.5) is 0 Å². The molecule has 0 aliphatic rings. The minimum atomic E-state index is -0.895. The zero-order chi connectivity index (χ0) is 9.23. The average Bonchev–Trinajstić information content (AvgIpc) is 2.02. The second-order valence-corrected chi connectivity index (χ2v) is 2.62. The summed E-state index contributed by atoms with van der Waals surface area (Å²) in [7, 11) is 0. The lowest BCUT2D eigenvalue weighted by Gasteiger charge is -1.89. The van der Waals surface area contributed by atoms with Gasteiger partial charge in [-0.05, 0) is 12.8 Å². The van der Waals surface area contributed by atoms with Gasteiger partial charge in [0.2, 0.25) is 0 Å². The molecule has 2 heteroatoms. The Hall–Kier alpha value is -1.05. The van der Waals surface area contributed by atoms with E-state index in [1.54, 1.807) is 12.2 Å². The predicted molar refractivity (Wildman–Crippen MR) is 50.1 cm³/mol. The lowest BCUT2D eigenvalue weighted by atomic mass is 10.2. The Morgan fingerprint density at radius 2 is 2.08 bits per heavy atom. The highest BCUT2D eigenvalue weighted by Crippen LogP contribution is 1.99. The van der Waals surface area contributed by atoms with Gasteiger partial charge in [0, 0.05) is 6.08 Å². The summed E-state index contributed by atoms with van der Waals surface area (Å²) in [5.74, 6) is -0.895. The summed E-state index contributed by atoms with van der Waals surface area (Å²) in [4.78, 5) is 10.0. The van der Waals surface area contributed by atoms with Gasteiger partial charge < -0.3 is 5.11 Å². The minimum Gasteiger partial charge on any atom is -0.478 e. The zero-order valence-corrected chi connectivity index (χ0v) is 7.49. The molecule has 0 aromatic carbocycles. The molecule has 2 nitrogen and oxygen atoms in total.